The van der Waals surface area contributed by atoms with Crippen LogP contribution in [0.15, 0.2) is 28.8 Å². The molecule has 2 aromatic rings. The van der Waals surface area contributed by atoms with Gasteiger partial charge in [-0.05, 0) is 24.3 Å². The third-order valence-corrected chi connectivity index (χ3v) is 4.01. The molecule has 0 spiro atoms. The van der Waals surface area contributed by atoms with E-state index in [0.717, 1.165) is 26.2 Å². The maximum atomic E-state index is 12.9. The molecule has 1 amide bonds. The molecule has 1 aliphatic heterocycles. The number of amides is 1. The Hall–Kier alpha value is -2.36. The summed E-state index contributed by atoms with van der Waals surface area (Å²) in [6.07, 6.45) is 0. The molecule has 1 aromatic carbocycles. The van der Waals surface area contributed by atoms with Crippen LogP contribution in [0.4, 0.5) is 10.1 Å². The van der Waals surface area contributed by atoms with Gasteiger partial charge in [0.15, 0.2) is 5.82 Å². The van der Waals surface area contributed by atoms with Crippen molar-refractivity contribution >= 4 is 11.6 Å². The summed E-state index contributed by atoms with van der Waals surface area (Å²) in [4.78, 5) is 20.6. The lowest BCUT2D eigenvalue weighted by Crippen LogP contribution is -2.48. The third kappa shape index (κ3) is 5.05. The van der Waals surface area contributed by atoms with Crippen LogP contribution >= 0.6 is 0 Å². The Morgan fingerprint density at radius 2 is 1.88 bits per heavy atom. The van der Waals surface area contributed by atoms with E-state index in [1.54, 1.807) is 12.1 Å². The van der Waals surface area contributed by atoms with Crippen molar-refractivity contribution in [2.24, 2.45) is 5.73 Å². The molecule has 1 aliphatic rings. The van der Waals surface area contributed by atoms with Crippen molar-refractivity contribution in [1.29, 1.82) is 0 Å². The average molecular weight is 348 g/mol. The SMILES string of the molecule is NCc1nc(CN2CCN(CC(=O)Nc3ccc(F)cc3)CC2)no1. The smallest absolute Gasteiger partial charge is 0.240 e. The molecule has 2 heterocycles. The van der Waals surface area contributed by atoms with E-state index < -0.39 is 0 Å². The Bertz CT molecular complexity index is 697. The minimum Gasteiger partial charge on any atom is -0.338 e. The number of aromatic nitrogens is 2. The van der Waals surface area contributed by atoms with Crippen LogP contribution in [0.25, 0.3) is 0 Å². The quantitative estimate of drug-likeness (QED) is 0.780. The molecule has 0 radical (unpaired) electrons. The zero-order valence-corrected chi connectivity index (χ0v) is 13.8. The van der Waals surface area contributed by atoms with Crippen molar-refractivity contribution < 1.29 is 13.7 Å². The molecule has 8 nitrogen and oxygen atoms in total. The van der Waals surface area contributed by atoms with E-state index >= 15 is 0 Å². The van der Waals surface area contributed by atoms with Crippen LogP contribution in [-0.2, 0) is 17.9 Å². The first kappa shape index (κ1) is 17.5. The summed E-state index contributed by atoms with van der Waals surface area (Å²) in [6, 6.07) is 5.74. The van der Waals surface area contributed by atoms with E-state index in [2.05, 4.69) is 25.3 Å². The van der Waals surface area contributed by atoms with Crippen LogP contribution in [0.5, 0.6) is 0 Å². The molecule has 1 saturated heterocycles. The number of hydrogen-bond donors (Lipinski definition) is 2. The minimum absolute atomic E-state index is 0.106. The number of nitrogens with one attached hydrogen (secondary N) is 1. The van der Waals surface area contributed by atoms with E-state index in [9.17, 15) is 9.18 Å². The first-order valence-electron chi connectivity index (χ1n) is 8.14. The number of anilines is 1. The van der Waals surface area contributed by atoms with Crippen molar-refractivity contribution in [3.63, 3.8) is 0 Å². The highest BCUT2D eigenvalue weighted by molar-refractivity contribution is 5.92. The number of benzene rings is 1. The van der Waals surface area contributed by atoms with Crippen LogP contribution < -0.4 is 11.1 Å². The predicted octanol–water partition coefficient (Wildman–Crippen LogP) is 0.424. The number of hydrogen-bond acceptors (Lipinski definition) is 7. The van der Waals surface area contributed by atoms with Gasteiger partial charge in [-0.1, -0.05) is 5.16 Å². The highest BCUT2D eigenvalue weighted by Gasteiger charge is 2.20. The lowest BCUT2D eigenvalue weighted by Gasteiger charge is -2.33. The third-order valence-electron chi connectivity index (χ3n) is 4.01. The largest absolute Gasteiger partial charge is 0.338 e. The fraction of sp³-hybridized carbons (Fsp3) is 0.438. The van der Waals surface area contributed by atoms with Crippen molar-refractivity contribution in [2.75, 3.05) is 38.0 Å². The molecule has 3 rings (SSSR count). The normalized spacial score (nSPS) is 16.1. The molecule has 9 heteroatoms. The maximum absolute atomic E-state index is 12.9. The topological polar surface area (TPSA) is 101 Å². The lowest BCUT2D eigenvalue weighted by atomic mass is 10.3. The summed E-state index contributed by atoms with van der Waals surface area (Å²) in [5.41, 5.74) is 6.05. The van der Waals surface area contributed by atoms with Gasteiger partial charge in [-0.25, -0.2) is 4.39 Å². The number of carbonyl (C=O) groups is 1. The molecule has 25 heavy (non-hydrogen) atoms. The molecule has 0 saturated carbocycles. The first-order chi connectivity index (χ1) is 12.1. The Morgan fingerprint density at radius 1 is 1.20 bits per heavy atom. The van der Waals surface area contributed by atoms with Crippen molar-refractivity contribution in [3.8, 4) is 0 Å². The molecule has 0 unspecified atom stereocenters. The van der Waals surface area contributed by atoms with Crippen LogP contribution in [0.2, 0.25) is 0 Å². The number of carbonyl (C=O) groups excluding carboxylic acids is 1. The fourth-order valence-corrected chi connectivity index (χ4v) is 2.68. The van der Waals surface area contributed by atoms with Crippen molar-refractivity contribution in [1.82, 2.24) is 19.9 Å². The lowest BCUT2D eigenvalue weighted by molar-refractivity contribution is -0.117. The first-order valence-corrected chi connectivity index (χ1v) is 8.14. The zero-order valence-electron chi connectivity index (χ0n) is 13.8. The van der Waals surface area contributed by atoms with Gasteiger partial charge in [-0.2, -0.15) is 4.98 Å². The molecular weight excluding hydrogens is 327 g/mol. The average Bonchev–Trinajstić information content (AvgIpc) is 3.06. The van der Waals surface area contributed by atoms with Gasteiger partial charge in [0, 0.05) is 31.9 Å². The van der Waals surface area contributed by atoms with E-state index in [1.165, 1.54) is 12.1 Å². The van der Waals surface area contributed by atoms with Crippen LogP contribution in [0, 0.1) is 5.82 Å². The van der Waals surface area contributed by atoms with Gasteiger partial charge >= 0.3 is 0 Å². The molecular formula is C16H21FN6O2. The Kier molecular flexibility index (Phi) is 5.69. The van der Waals surface area contributed by atoms with Gasteiger partial charge in [0.25, 0.3) is 0 Å². The summed E-state index contributed by atoms with van der Waals surface area (Å²) in [7, 11) is 0. The predicted molar refractivity (Wildman–Crippen MR) is 88.9 cm³/mol. The molecule has 1 fully saturated rings. The molecule has 0 aliphatic carbocycles. The fourth-order valence-electron chi connectivity index (χ4n) is 2.68. The number of halogens is 1. The Balaban J connectivity index is 1.41. The van der Waals surface area contributed by atoms with Crippen LogP contribution in [-0.4, -0.2) is 58.6 Å². The second-order valence-corrected chi connectivity index (χ2v) is 5.92. The molecule has 0 atom stereocenters. The van der Waals surface area contributed by atoms with Gasteiger partial charge in [0.2, 0.25) is 11.8 Å². The molecule has 1 aromatic heterocycles. The van der Waals surface area contributed by atoms with Crippen LogP contribution in [0.3, 0.4) is 0 Å². The number of nitrogens with zero attached hydrogens (tertiary/aromatic N) is 4. The summed E-state index contributed by atoms with van der Waals surface area (Å²) in [6.45, 7) is 4.34. The van der Waals surface area contributed by atoms with Gasteiger partial charge in [-0.3, -0.25) is 14.6 Å². The zero-order chi connectivity index (χ0) is 17.6. The van der Waals surface area contributed by atoms with Crippen molar-refractivity contribution in [2.45, 2.75) is 13.1 Å². The second-order valence-electron chi connectivity index (χ2n) is 5.92. The minimum atomic E-state index is -0.325. The van der Waals surface area contributed by atoms with E-state index in [4.69, 9.17) is 10.3 Å². The highest BCUT2D eigenvalue weighted by Crippen LogP contribution is 2.10. The van der Waals surface area contributed by atoms with E-state index in [0.29, 0.717) is 30.5 Å². The van der Waals surface area contributed by atoms with Gasteiger partial charge in [0.05, 0.1) is 19.6 Å². The Labute approximate surface area is 144 Å². The summed E-state index contributed by atoms with van der Waals surface area (Å²) < 4.78 is 17.9. The number of nitrogens with two attached hydrogens (primary N) is 1. The maximum Gasteiger partial charge on any atom is 0.240 e. The van der Waals surface area contributed by atoms with Crippen LogP contribution in [0.1, 0.15) is 11.7 Å². The highest BCUT2D eigenvalue weighted by atomic mass is 19.1. The monoisotopic (exact) mass is 348 g/mol. The van der Waals surface area contributed by atoms with Gasteiger partial charge in [-0.15, -0.1) is 0 Å². The standard InChI is InChI=1S/C16H21FN6O2/c17-12-1-3-13(4-2-12)19-15(24)11-23-7-5-22(6-8-23)10-14-20-16(9-18)25-21-14/h1-4H,5-11,18H2,(H,19,24). The molecule has 3 N–H and O–H groups in total. The molecule has 134 valence electrons. The molecule has 0 bridgehead atoms. The van der Waals surface area contributed by atoms with E-state index in [-0.39, 0.29) is 18.3 Å². The van der Waals surface area contributed by atoms with Crippen molar-refractivity contribution in [3.05, 3.63) is 41.8 Å². The number of piperazine rings is 1. The van der Waals surface area contributed by atoms with Gasteiger partial charge in [0.1, 0.15) is 5.82 Å². The summed E-state index contributed by atoms with van der Waals surface area (Å²) in [5.74, 6) is 0.633. The second kappa shape index (κ2) is 8.15. The summed E-state index contributed by atoms with van der Waals surface area (Å²) in [5, 5.41) is 6.66. The summed E-state index contributed by atoms with van der Waals surface area (Å²) >= 11 is 0. The van der Waals surface area contributed by atoms with E-state index in [1.807, 2.05) is 0 Å². The van der Waals surface area contributed by atoms with Gasteiger partial charge < -0.3 is 15.6 Å². The number of rotatable bonds is 6. The Morgan fingerprint density at radius 3 is 2.52 bits per heavy atom.